The molecule has 0 aliphatic heterocycles. The predicted molar refractivity (Wildman–Crippen MR) is 76.2 cm³/mol. The number of halogens is 2. The first-order valence-electron chi connectivity index (χ1n) is 5.66. The quantitative estimate of drug-likeness (QED) is 0.659. The molecule has 0 bridgehead atoms. The maximum absolute atomic E-state index is 11.9. The summed E-state index contributed by atoms with van der Waals surface area (Å²) in [7, 11) is -3.60. The van der Waals surface area contributed by atoms with E-state index in [4.69, 9.17) is 28.3 Å². The zero-order valence-electron chi connectivity index (χ0n) is 10.4. The first kappa shape index (κ1) is 16.7. The Labute approximate surface area is 123 Å². The molecule has 0 spiro atoms. The minimum absolute atomic E-state index is 0.0671. The SMILES string of the molecule is CC(O)CNCCNS(=O)(=O)c1ccc(Cl)c(Cl)c1. The Morgan fingerprint density at radius 2 is 1.95 bits per heavy atom. The van der Waals surface area contributed by atoms with Gasteiger partial charge in [-0.05, 0) is 25.1 Å². The summed E-state index contributed by atoms with van der Waals surface area (Å²) >= 11 is 11.5. The van der Waals surface area contributed by atoms with E-state index in [1.165, 1.54) is 18.2 Å². The van der Waals surface area contributed by atoms with Crippen LogP contribution in [-0.2, 0) is 10.0 Å². The van der Waals surface area contributed by atoms with Crippen LogP contribution in [0.25, 0.3) is 0 Å². The Morgan fingerprint density at radius 3 is 2.53 bits per heavy atom. The fourth-order valence-electron chi connectivity index (χ4n) is 1.31. The van der Waals surface area contributed by atoms with Crippen LogP contribution >= 0.6 is 23.2 Å². The molecule has 1 aromatic carbocycles. The molecule has 0 saturated heterocycles. The van der Waals surface area contributed by atoms with Crippen molar-refractivity contribution < 1.29 is 13.5 Å². The number of sulfonamides is 1. The van der Waals surface area contributed by atoms with Crippen LogP contribution in [0, 0.1) is 0 Å². The Bertz CT molecular complexity index is 521. The van der Waals surface area contributed by atoms with Crippen LogP contribution in [0.3, 0.4) is 0 Å². The Hall–Kier alpha value is -0.370. The third-order valence-corrected chi connectivity index (χ3v) is 4.43. The Balaban J connectivity index is 2.54. The topological polar surface area (TPSA) is 78.4 Å². The van der Waals surface area contributed by atoms with E-state index < -0.39 is 16.1 Å². The van der Waals surface area contributed by atoms with Crippen molar-refractivity contribution in [3.63, 3.8) is 0 Å². The van der Waals surface area contributed by atoms with Crippen molar-refractivity contribution in [2.24, 2.45) is 0 Å². The molecule has 1 aromatic rings. The number of aliphatic hydroxyl groups is 1. The van der Waals surface area contributed by atoms with Crippen molar-refractivity contribution in [3.8, 4) is 0 Å². The van der Waals surface area contributed by atoms with Gasteiger partial charge < -0.3 is 10.4 Å². The van der Waals surface area contributed by atoms with Gasteiger partial charge in [0.2, 0.25) is 10.0 Å². The molecule has 0 amide bonds. The van der Waals surface area contributed by atoms with E-state index in [1.54, 1.807) is 6.92 Å². The Kier molecular flexibility index (Phi) is 6.52. The van der Waals surface area contributed by atoms with Crippen LogP contribution in [0.4, 0.5) is 0 Å². The Morgan fingerprint density at radius 1 is 1.26 bits per heavy atom. The first-order valence-corrected chi connectivity index (χ1v) is 7.90. The number of hydrogen-bond acceptors (Lipinski definition) is 4. The van der Waals surface area contributed by atoms with Crippen LogP contribution in [0.15, 0.2) is 23.1 Å². The lowest BCUT2D eigenvalue weighted by molar-refractivity contribution is 0.192. The summed E-state index contributed by atoms with van der Waals surface area (Å²) in [6, 6.07) is 4.12. The number of rotatable bonds is 7. The minimum atomic E-state index is -3.60. The highest BCUT2D eigenvalue weighted by Crippen LogP contribution is 2.24. The largest absolute Gasteiger partial charge is 0.392 e. The maximum Gasteiger partial charge on any atom is 0.240 e. The van der Waals surface area contributed by atoms with Crippen molar-refractivity contribution in [2.45, 2.75) is 17.9 Å². The zero-order chi connectivity index (χ0) is 14.5. The number of aliphatic hydroxyl groups excluding tert-OH is 1. The standard InChI is InChI=1S/C11H16Cl2N2O3S/c1-8(16)7-14-4-5-15-19(17,18)9-2-3-10(12)11(13)6-9/h2-3,6,8,14-16H,4-5,7H2,1H3. The van der Waals surface area contributed by atoms with Crippen molar-refractivity contribution in [2.75, 3.05) is 19.6 Å². The number of benzene rings is 1. The van der Waals surface area contributed by atoms with E-state index in [0.717, 1.165) is 0 Å². The van der Waals surface area contributed by atoms with E-state index in [0.29, 0.717) is 18.1 Å². The van der Waals surface area contributed by atoms with Gasteiger partial charge in [-0.15, -0.1) is 0 Å². The third kappa shape index (κ3) is 5.64. The lowest BCUT2D eigenvalue weighted by Crippen LogP contribution is -2.34. The lowest BCUT2D eigenvalue weighted by atomic mass is 10.4. The minimum Gasteiger partial charge on any atom is -0.392 e. The molecule has 1 atom stereocenters. The second-order valence-electron chi connectivity index (χ2n) is 4.03. The van der Waals surface area contributed by atoms with Gasteiger partial charge in [0.1, 0.15) is 0 Å². The van der Waals surface area contributed by atoms with Gasteiger partial charge in [0.15, 0.2) is 0 Å². The molecule has 0 fully saturated rings. The van der Waals surface area contributed by atoms with E-state index in [2.05, 4.69) is 10.0 Å². The smallest absolute Gasteiger partial charge is 0.240 e. The lowest BCUT2D eigenvalue weighted by Gasteiger charge is -2.09. The van der Waals surface area contributed by atoms with Crippen molar-refractivity contribution >= 4 is 33.2 Å². The summed E-state index contributed by atoms with van der Waals surface area (Å²) in [5.74, 6) is 0. The van der Waals surface area contributed by atoms with Gasteiger partial charge in [-0.25, -0.2) is 13.1 Å². The summed E-state index contributed by atoms with van der Waals surface area (Å²) in [6.45, 7) is 2.70. The molecule has 0 heterocycles. The average Bonchev–Trinajstić information content (AvgIpc) is 2.31. The summed E-state index contributed by atoms with van der Waals surface area (Å²) in [5.41, 5.74) is 0. The fraction of sp³-hybridized carbons (Fsp3) is 0.455. The fourth-order valence-corrected chi connectivity index (χ4v) is 2.73. The van der Waals surface area contributed by atoms with E-state index in [1.807, 2.05) is 0 Å². The van der Waals surface area contributed by atoms with Crippen molar-refractivity contribution in [1.82, 2.24) is 10.0 Å². The van der Waals surface area contributed by atoms with Crippen LogP contribution in [0.2, 0.25) is 10.0 Å². The molecule has 0 aliphatic carbocycles. The average molecular weight is 327 g/mol. The summed E-state index contributed by atoms with van der Waals surface area (Å²) in [6.07, 6.45) is -0.466. The van der Waals surface area contributed by atoms with Crippen LogP contribution < -0.4 is 10.0 Å². The van der Waals surface area contributed by atoms with Crippen molar-refractivity contribution in [3.05, 3.63) is 28.2 Å². The first-order chi connectivity index (χ1) is 8.83. The normalized spacial score (nSPS) is 13.5. The second kappa shape index (κ2) is 7.42. The predicted octanol–water partition coefficient (Wildman–Crippen LogP) is 1.24. The maximum atomic E-state index is 11.9. The zero-order valence-corrected chi connectivity index (χ0v) is 12.7. The molecule has 0 radical (unpaired) electrons. The van der Waals surface area contributed by atoms with Gasteiger partial charge in [-0.1, -0.05) is 23.2 Å². The molecule has 5 nitrogen and oxygen atoms in total. The molecule has 0 aromatic heterocycles. The van der Waals surface area contributed by atoms with Gasteiger partial charge in [-0.3, -0.25) is 0 Å². The molecule has 108 valence electrons. The molecule has 19 heavy (non-hydrogen) atoms. The molecule has 1 unspecified atom stereocenters. The van der Waals surface area contributed by atoms with Crippen LogP contribution in [0.5, 0.6) is 0 Å². The second-order valence-corrected chi connectivity index (χ2v) is 6.61. The van der Waals surface area contributed by atoms with E-state index in [9.17, 15) is 8.42 Å². The molecule has 3 N–H and O–H groups in total. The van der Waals surface area contributed by atoms with Crippen LogP contribution in [0.1, 0.15) is 6.92 Å². The summed E-state index contributed by atoms with van der Waals surface area (Å²) < 4.78 is 26.2. The van der Waals surface area contributed by atoms with Crippen LogP contribution in [-0.4, -0.2) is 39.3 Å². The molecular formula is C11H16Cl2N2O3S. The van der Waals surface area contributed by atoms with Gasteiger partial charge in [0.05, 0.1) is 21.0 Å². The highest BCUT2D eigenvalue weighted by molar-refractivity contribution is 7.89. The summed E-state index contributed by atoms with van der Waals surface area (Å²) in [5, 5.41) is 12.4. The highest BCUT2D eigenvalue weighted by atomic mass is 35.5. The molecule has 8 heteroatoms. The molecule has 0 saturated carbocycles. The highest BCUT2D eigenvalue weighted by Gasteiger charge is 2.14. The van der Waals surface area contributed by atoms with E-state index >= 15 is 0 Å². The molecule has 1 rings (SSSR count). The van der Waals surface area contributed by atoms with E-state index in [-0.39, 0.29) is 16.5 Å². The summed E-state index contributed by atoms with van der Waals surface area (Å²) in [4.78, 5) is 0.0671. The van der Waals surface area contributed by atoms with Crippen molar-refractivity contribution in [1.29, 1.82) is 0 Å². The van der Waals surface area contributed by atoms with Gasteiger partial charge in [-0.2, -0.15) is 0 Å². The number of nitrogens with one attached hydrogen (secondary N) is 2. The monoisotopic (exact) mass is 326 g/mol. The number of hydrogen-bond donors (Lipinski definition) is 3. The van der Waals surface area contributed by atoms with Gasteiger partial charge in [0.25, 0.3) is 0 Å². The third-order valence-electron chi connectivity index (χ3n) is 2.23. The molecular weight excluding hydrogens is 311 g/mol. The van der Waals surface area contributed by atoms with Gasteiger partial charge >= 0.3 is 0 Å². The molecule has 0 aliphatic rings. The van der Waals surface area contributed by atoms with Gasteiger partial charge in [0, 0.05) is 19.6 Å².